The molecule has 0 radical (unpaired) electrons. The number of carbonyl (C=O) groups excluding carboxylic acids is 1. The lowest BCUT2D eigenvalue weighted by atomic mass is 10.0. The van der Waals surface area contributed by atoms with Crippen LogP contribution >= 0.6 is 11.8 Å². The summed E-state index contributed by atoms with van der Waals surface area (Å²) >= 11 is 1.60. The normalized spacial score (nSPS) is 13.2. The van der Waals surface area contributed by atoms with Gasteiger partial charge in [-0.05, 0) is 37.8 Å². The highest BCUT2D eigenvalue weighted by atomic mass is 32.2. The molecule has 0 saturated heterocycles. The minimum Gasteiger partial charge on any atom is -0.462 e. The number of unbranched alkanes of at least 4 members (excludes halogenated alkanes) is 7. The van der Waals surface area contributed by atoms with Gasteiger partial charge in [0, 0.05) is 11.5 Å². The lowest BCUT2D eigenvalue weighted by molar-refractivity contribution is 0.0424. The van der Waals surface area contributed by atoms with E-state index < -0.39 is 0 Å². The molecule has 1 aromatic rings. The molecule has 172 valence electrons. The molecular weight excluding hydrogens is 392 g/mol. The maximum Gasteiger partial charge on any atom is 0.339 e. The van der Waals surface area contributed by atoms with Crippen LogP contribution in [0.2, 0.25) is 0 Å². The van der Waals surface area contributed by atoms with Gasteiger partial charge in [0.1, 0.15) is 5.44 Å². The summed E-state index contributed by atoms with van der Waals surface area (Å²) in [6.07, 6.45) is 13.5. The Kier molecular flexibility index (Phi) is 15.9. The second kappa shape index (κ2) is 17.7. The third-order valence-electron chi connectivity index (χ3n) is 5.49. The van der Waals surface area contributed by atoms with Crippen molar-refractivity contribution in [2.45, 2.75) is 109 Å². The summed E-state index contributed by atoms with van der Waals surface area (Å²) in [4.78, 5) is 13.6. The van der Waals surface area contributed by atoms with E-state index in [2.05, 4.69) is 27.7 Å². The zero-order valence-electron chi connectivity index (χ0n) is 19.8. The molecule has 1 rings (SSSR count). The molecule has 2 atom stereocenters. The van der Waals surface area contributed by atoms with E-state index >= 15 is 0 Å². The minimum atomic E-state index is -0.215. The largest absolute Gasteiger partial charge is 0.462 e. The standard InChI is InChI=1S/C26H44O3S/c1-5-8-10-11-12-13-16-20-28-22(4)30-25-19-15-14-18-24(25)26(27)29-21-23(7-3)17-9-6-2/h14-15,18-19,22-23H,5-13,16-17,20-21H2,1-4H3. The predicted octanol–water partition coefficient (Wildman–Crippen LogP) is 8.27. The van der Waals surface area contributed by atoms with Crippen LogP contribution in [0.4, 0.5) is 0 Å². The number of hydrogen-bond donors (Lipinski definition) is 0. The van der Waals surface area contributed by atoms with Gasteiger partial charge in [0.2, 0.25) is 0 Å². The van der Waals surface area contributed by atoms with Crippen molar-refractivity contribution in [2.24, 2.45) is 5.92 Å². The topological polar surface area (TPSA) is 35.5 Å². The van der Waals surface area contributed by atoms with Gasteiger partial charge in [-0.1, -0.05) is 102 Å². The van der Waals surface area contributed by atoms with Gasteiger partial charge in [-0.15, -0.1) is 0 Å². The third kappa shape index (κ3) is 12.0. The number of carbonyl (C=O) groups is 1. The van der Waals surface area contributed by atoms with Crippen molar-refractivity contribution >= 4 is 17.7 Å². The quantitative estimate of drug-likeness (QED) is 0.100. The van der Waals surface area contributed by atoms with E-state index in [1.165, 1.54) is 51.4 Å². The van der Waals surface area contributed by atoms with Crippen molar-refractivity contribution in [3.05, 3.63) is 29.8 Å². The van der Waals surface area contributed by atoms with Crippen LogP contribution in [0.3, 0.4) is 0 Å². The number of esters is 1. The second-order valence-corrected chi connectivity index (χ2v) is 9.53. The van der Waals surface area contributed by atoms with Crippen LogP contribution in [-0.2, 0) is 9.47 Å². The van der Waals surface area contributed by atoms with Crippen LogP contribution in [0.5, 0.6) is 0 Å². The molecule has 0 bridgehead atoms. The first-order chi connectivity index (χ1) is 14.6. The smallest absolute Gasteiger partial charge is 0.339 e. The molecule has 4 heteroatoms. The molecule has 0 aliphatic carbocycles. The Hall–Kier alpha value is -1.00. The molecule has 0 N–H and O–H groups in total. The van der Waals surface area contributed by atoms with Crippen LogP contribution in [0.15, 0.2) is 29.2 Å². The molecule has 2 unspecified atom stereocenters. The number of benzene rings is 1. The average Bonchev–Trinajstić information content (AvgIpc) is 2.76. The van der Waals surface area contributed by atoms with Crippen LogP contribution < -0.4 is 0 Å². The lowest BCUT2D eigenvalue weighted by Crippen LogP contribution is -2.15. The summed E-state index contributed by atoms with van der Waals surface area (Å²) < 4.78 is 11.6. The van der Waals surface area contributed by atoms with Crippen LogP contribution in [0, 0.1) is 5.92 Å². The van der Waals surface area contributed by atoms with E-state index in [1.54, 1.807) is 11.8 Å². The molecule has 0 aliphatic heterocycles. The third-order valence-corrected chi connectivity index (χ3v) is 6.57. The molecular formula is C26H44O3S. The fraction of sp³-hybridized carbons (Fsp3) is 0.731. The Morgan fingerprint density at radius 2 is 1.60 bits per heavy atom. The van der Waals surface area contributed by atoms with Gasteiger partial charge in [-0.3, -0.25) is 0 Å². The highest BCUT2D eigenvalue weighted by Gasteiger charge is 2.17. The fourth-order valence-corrected chi connectivity index (χ4v) is 4.39. The molecule has 3 nitrogen and oxygen atoms in total. The Labute approximate surface area is 189 Å². The molecule has 0 amide bonds. The van der Waals surface area contributed by atoms with Crippen LogP contribution in [0.1, 0.15) is 109 Å². The summed E-state index contributed by atoms with van der Waals surface area (Å²) in [6, 6.07) is 7.72. The van der Waals surface area contributed by atoms with Crippen LogP contribution in [0.25, 0.3) is 0 Å². The molecule has 1 aromatic carbocycles. The minimum absolute atomic E-state index is 0.0204. The molecule has 0 aliphatic rings. The van der Waals surface area contributed by atoms with Gasteiger partial charge >= 0.3 is 5.97 Å². The second-order valence-electron chi connectivity index (χ2n) is 8.19. The molecule has 30 heavy (non-hydrogen) atoms. The van der Waals surface area contributed by atoms with Gasteiger partial charge in [-0.2, -0.15) is 0 Å². The highest BCUT2D eigenvalue weighted by Crippen LogP contribution is 2.28. The van der Waals surface area contributed by atoms with Crippen LogP contribution in [-0.4, -0.2) is 24.6 Å². The zero-order chi connectivity index (χ0) is 22.0. The molecule has 0 heterocycles. The Morgan fingerprint density at radius 1 is 0.933 bits per heavy atom. The zero-order valence-corrected chi connectivity index (χ0v) is 20.6. The van der Waals surface area contributed by atoms with Crippen molar-refractivity contribution in [1.82, 2.24) is 0 Å². The maximum absolute atomic E-state index is 12.7. The summed E-state index contributed by atoms with van der Waals surface area (Å²) in [7, 11) is 0. The van der Waals surface area contributed by atoms with E-state index in [1.807, 2.05) is 24.3 Å². The Morgan fingerprint density at radius 3 is 2.30 bits per heavy atom. The molecule has 0 fully saturated rings. The summed E-state index contributed by atoms with van der Waals surface area (Å²) in [5.41, 5.74) is 0.672. The first kappa shape index (κ1) is 27.0. The van der Waals surface area contributed by atoms with Crippen molar-refractivity contribution in [3.63, 3.8) is 0 Å². The summed E-state index contributed by atoms with van der Waals surface area (Å²) in [5.74, 6) is 0.241. The average molecular weight is 437 g/mol. The molecule has 0 spiro atoms. The van der Waals surface area contributed by atoms with E-state index in [0.717, 1.165) is 30.8 Å². The van der Waals surface area contributed by atoms with Gasteiger partial charge < -0.3 is 9.47 Å². The number of rotatable bonds is 18. The highest BCUT2D eigenvalue weighted by molar-refractivity contribution is 7.99. The first-order valence-corrected chi connectivity index (χ1v) is 13.0. The fourth-order valence-electron chi connectivity index (χ4n) is 3.43. The Bertz CT molecular complexity index is 561. The van der Waals surface area contributed by atoms with E-state index in [4.69, 9.17) is 9.47 Å². The van der Waals surface area contributed by atoms with Crippen molar-refractivity contribution in [3.8, 4) is 0 Å². The van der Waals surface area contributed by atoms with Gasteiger partial charge in [0.05, 0.1) is 12.2 Å². The van der Waals surface area contributed by atoms with E-state index in [0.29, 0.717) is 18.1 Å². The first-order valence-electron chi connectivity index (χ1n) is 12.2. The Balaban J connectivity index is 2.40. The van der Waals surface area contributed by atoms with Gasteiger partial charge in [0.25, 0.3) is 0 Å². The monoisotopic (exact) mass is 436 g/mol. The SMILES string of the molecule is CCCCCCCCCOC(C)Sc1ccccc1C(=O)OCC(CC)CCCC. The predicted molar refractivity (Wildman–Crippen MR) is 129 cm³/mol. The van der Waals surface area contributed by atoms with Crippen molar-refractivity contribution in [2.75, 3.05) is 13.2 Å². The number of hydrogen-bond acceptors (Lipinski definition) is 4. The van der Waals surface area contributed by atoms with E-state index in [9.17, 15) is 4.79 Å². The van der Waals surface area contributed by atoms with Crippen molar-refractivity contribution in [1.29, 1.82) is 0 Å². The maximum atomic E-state index is 12.7. The summed E-state index contributed by atoms with van der Waals surface area (Å²) in [6.45, 7) is 9.97. The molecule has 0 aromatic heterocycles. The molecule has 0 saturated carbocycles. The lowest BCUT2D eigenvalue weighted by Gasteiger charge is -2.17. The van der Waals surface area contributed by atoms with Crippen molar-refractivity contribution < 1.29 is 14.3 Å². The number of thioether (sulfide) groups is 1. The summed E-state index contributed by atoms with van der Waals surface area (Å²) in [5, 5.41) is 0. The van der Waals surface area contributed by atoms with Gasteiger partial charge in [0.15, 0.2) is 0 Å². The van der Waals surface area contributed by atoms with E-state index in [-0.39, 0.29) is 11.4 Å². The number of ether oxygens (including phenoxy) is 2. The van der Waals surface area contributed by atoms with Gasteiger partial charge in [-0.25, -0.2) is 4.79 Å².